The molecule has 1 aromatic rings. The normalized spacial score (nSPS) is 12.5. The molecule has 0 heterocycles. The fraction of sp³-hybridized carbons (Fsp3) is 0.389. The molecule has 20 heavy (non-hydrogen) atoms. The van der Waals surface area contributed by atoms with E-state index in [0.29, 0.717) is 5.57 Å². The number of carbonyl (C=O) groups is 1. The molecule has 0 saturated carbocycles. The van der Waals surface area contributed by atoms with Crippen molar-refractivity contribution in [2.75, 3.05) is 0 Å². The third-order valence-corrected chi connectivity index (χ3v) is 3.21. The van der Waals surface area contributed by atoms with Crippen LogP contribution in [0.5, 0.6) is 0 Å². The van der Waals surface area contributed by atoms with Crippen molar-refractivity contribution in [1.29, 1.82) is 0 Å². The van der Waals surface area contributed by atoms with E-state index < -0.39 is 5.97 Å². The van der Waals surface area contributed by atoms with E-state index in [1.54, 1.807) is 13.0 Å². The van der Waals surface area contributed by atoms with Crippen LogP contribution in [0.15, 0.2) is 47.6 Å². The van der Waals surface area contributed by atoms with Crippen LogP contribution >= 0.6 is 0 Å². The van der Waals surface area contributed by atoms with Crippen molar-refractivity contribution in [2.24, 2.45) is 0 Å². The lowest BCUT2D eigenvalue weighted by molar-refractivity contribution is -0.132. The van der Waals surface area contributed by atoms with Gasteiger partial charge in [0.25, 0.3) is 0 Å². The number of carboxylic acids is 1. The topological polar surface area (TPSA) is 37.3 Å². The summed E-state index contributed by atoms with van der Waals surface area (Å²) in [4.78, 5) is 11.0. The van der Waals surface area contributed by atoms with Crippen LogP contribution in [-0.4, -0.2) is 11.1 Å². The number of unbranched alkanes of at least 4 members (excludes halogenated alkanes) is 3. The van der Waals surface area contributed by atoms with E-state index in [0.717, 1.165) is 24.0 Å². The zero-order chi connectivity index (χ0) is 14.8. The number of rotatable bonds is 8. The Labute approximate surface area is 121 Å². The molecule has 0 unspecified atom stereocenters. The average molecular weight is 272 g/mol. The van der Waals surface area contributed by atoms with Crippen molar-refractivity contribution in [2.45, 2.75) is 46.0 Å². The Morgan fingerprint density at radius 3 is 2.45 bits per heavy atom. The highest BCUT2D eigenvalue weighted by Crippen LogP contribution is 2.17. The highest BCUT2D eigenvalue weighted by molar-refractivity contribution is 5.86. The maximum Gasteiger partial charge on any atom is 0.331 e. The van der Waals surface area contributed by atoms with Crippen LogP contribution in [0.1, 0.15) is 51.5 Å². The summed E-state index contributed by atoms with van der Waals surface area (Å²) in [6.07, 6.45) is 9.56. The Morgan fingerprint density at radius 1 is 1.15 bits per heavy atom. The molecule has 0 spiro atoms. The van der Waals surface area contributed by atoms with Crippen LogP contribution in [0.3, 0.4) is 0 Å². The van der Waals surface area contributed by atoms with Crippen molar-refractivity contribution in [3.05, 3.63) is 53.1 Å². The lowest BCUT2D eigenvalue weighted by atomic mass is 10.0. The minimum absolute atomic E-state index is 0.391. The average Bonchev–Trinajstić information content (AvgIpc) is 2.44. The summed E-state index contributed by atoms with van der Waals surface area (Å²) in [6.45, 7) is 3.84. The molecule has 0 amide bonds. The summed E-state index contributed by atoms with van der Waals surface area (Å²) >= 11 is 0. The van der Waals surface area contributed by atoms with Crippen LogP contribution < -0.4 is 0 Å². The van der Waals surface area contributed by atoms with Gasteiger partial charge >= 0.3 is 5.97 Å². The molecule has 0 saturated heterocycles. The van der Waals surface area contributed by atoms with Crippen molar-refractivity contribution in [3.63, 3.8) is 0 Å². The first-order valence-corrected chi connectivity index (χ1v) is 7.30. The first-order valence-electron chi connectivity index (χ1n) is 7.30. The first-order chi connectivity index (χ1) is 9.63. The van der Waals surface area contributed by atoms with Crippen LogP contribution in [0, 0.1) is 0 Å². The molecule has 1 aromatic carbocycles. The SMILES string of the molecule is CCCCCCC(=C\c1ccccc1)/C=C(\C)C(=O)O. The molecular formula is C18H24O2. The molecule has 2 heteroatoms. The Morgan fingerprint density at radius 2 is 1.85 bits per heavy atom. The van der Waals surface area contributed by atoms with Crippen LogP contribution in [-0.2, 0) is 4.79 Å². The molecule has 2 nitrogen and oxygen atoms in total. The number of carboxylic acid groups (broad SMARTS) is 1. The van der Waals surface area contributed by atoms with Crippen molar-refractivity contribution in [1.82, 2.24) is 0 Å². The molecule has 0 aliphatic carbocycles. The van der Waals surface area contributed by atoms with E-state index in [2.05, 4.69) is 13.0 Å². The van der Waals surface area contributed by atoms with Gasteiger partial charge in [-0.05, 0) is 37.0 Å². The summed E-state index contributed by atoms with van der Waals surface area (Å²) < 4.78 is 0. The maximum absolute atomic E-state index is 11.0. The molecule has 0 radical (unpaired) electrons. The van der Waals surface area contributed by atoms with Crippen molar-refractivity contribution >= 4 is 12.0 Å². The summed E-state index contributed by atoms with van der Waals surface area (Å²) in [7, 11) is 0. The van der Waals surface area contributed by atoms with Gasteiger partial charge in [0.05, 0.1) is 0 Å². The Balaban J connectivity index is 2.81. The molecule has 1 rings (SSSR count). The summed E-state index contributed by atoms with van der Waals surface area (Å²) in [5.74, 6) is -0.850. The van der Waals surface area contributed by atoms with E-state index in [1.807, 2.05) is 30.3 Å². The van der Waals surface area contributed by atoms with Crippen LogP contribution in [0.2, 0.25) is 0 Å². The van der Waals surface area contributed by atoms with Crippen LogP contribution in [0.4, 0.5) is 0 Å². The van der Waals surface area contributed by atoms with Crippen molar-refractivity contribution in [3.8, 4) is 0 Å². The number of aliphatic carboxylic acids is 1. The Hall–Kier alpha value is -1.83. The molecule has 0 aromatic heterocycles. The predicted octanol–water partition coefficient (Wildman–Crippen LogP) is 5.07. The molecule has 0 aliphatic rings. The first kappa shape index (κ1) is 16.2. The lowest BCUT2D eigenvalue weighted by Gasteiger charge is -2.04. The van der Waals surface area contributed by atoms with Gasteiger partial charge in [0.15, 0.2) is 0 Å². The molecule has 0 atom stereocenters. The summed E-state index contributed by atoms with van der Waals surface area (Å²) in [5, 5.41) is 9.01. The monoisotopic (exact) mass is 272 g/mol. The largest absolute Gasteiger partial charge is 0.478 e. The highest BCUT2D eigenvalue weighted by atomic mass is 16.4. The van der Waals surface area contributed by atoms with Crippen LogP contribution in [0.25, 0.3) is 6.08 Å². The molecule has 108 valence electrons. The second-order valence-electron chi connectivity index (χ2n) is 5.07. The number of allylic oxidation sites excluding steroid dienone is 2. The quantitative estimate of drug-likeness (QED) is 0.407. The maximum atomic E-state index is 11.0. The number of benzene rings is 1. The zero-order valence-electron chi connectivity index (χ0n) is 12.4. The zero-order valence-corrected chi connectivity index (χ0v) is 12.4. The molecule has 1 N–H and O–H groups in total. The van der Waals surface area contributed by atoms with Gasteiger partial charge < -0.3 is 5.11 Å². The predicted molar refractivity (Wildman–Crippen MR) is 84.6 cm³/mol. The van der Waals surface area contributed by atoms with E-state index in [4.69, 9.17) is 5.11 Å². The van der Waals surface area contributed by atoms with E-state index in [9.17, 15) is 4.79 Å². The third-order valence-electron chi connectivity index (χ3n) is 3.21. The molecular weight excluding hydrogens is 248 g/mol. The second kappa shape index (κ2) is 9.13. The van der Waals surface area contributed by atoms with Gasteiger partial charge in [-0.25, -0.2) is 4.79 Å². The van der Waals surface area contributed by atoms with E-state index in [1.165, 1.54) is 19.3 Å². The molecule has 0 bridgehead atoms. The lowest BCUT2D eigenvalue weighted by Crippen LogP contribution is -1.97. The van der Waals surface area contributed by atoms with Crippen molar-refractivity contribution < 1.29 is 9.90 Å². The molecule has 0 fully saturated rings. The van der Waals surface area contributed by atoms with Gasteiger partial charge in [-0.3, -0.25) is 0 Å². The number of hydrogen-bond acceptors (Lipinski definition) is 1. The Bertz CT molecular complexity index is 469. The van der Waals surface area contributed by atoms with Gasteiger partial charge in [-0.2, -0.15) is 0 Å². The van der Waals surface area contributed by atoms with Gasteiger partial charge in [-0.15, -0.1) is 0 Å². The van der Waals surface area contributed by atoms with Gasteiger partial charge in [0.1, 0.15) is 0 Å². The fourth-order valence-electron chi connectivity index (χ4n) is 2.05. The molecule has 0 aliphatic heterocycles. The van der Waals surface area contributed by atoms with Gasteiger partial charge in [0.2, 0.25) is 0 Å². The summed E-state index contributed by atoms with van der Waals surface area (Å²) in [6, 6.07) is 10.0. The smallest absolute Gasteiger partial charge is 0.331 e. The third kappa shape index (κ3) is 6.37. The van der Waals surface area contributed by atoms with Gasteiger partial charge in [-0.1, -0.05) is 62.6 Å². The second-order valence-corrected chi connectivity index (χ2v) is 5.07. The van der Waals surface area contributed by atoms with E-state index in [-0.39, 0.29) is 0 Å². The highest BCUT2D eigenvalue weighted by Gasteiger charge is 2.02. The minimum atomic E-state index is -0.850. The summed E-state index contributed by atoms with van der Waals surface area (Å²) in [5.41, 5.74) is 2.60. The fourth-order valence-corrected chi connectivity index (χ4v) is 2.05. The Kier molecular flexibility index (Phi) is 7.41. The standard InChI is InChI=1S/C18H24O2/c1-3-4-5-7-12-17(13-15(2)18(19)20)14-16-10-8-6-9-11-16/h6,8-11,13-14H,3-5,7,12H2,1-2H3,(H,19,20)/b15-13+,17-14+. The van der Waals surface area contributed by atoms with E-state index >= 15 is 0 Å². The number of hydrogen-bond donors (Lipinski definition) is 1. The van der Waals surface area contributed by atoms with Gasteiger partial charge in [0, 0.05) is 5.57 Å². The minimum Gasteiger partial charge on any atom is -0.478 e.